The minimum absolute atomic E-state index is 0.0481. The normalized spacial score (nSPS) is 29.7. The number of hydrogen-bond acceptors (Lipinski definition) is 9. The van der Waals surface area contributed by atoms with Crippen LogP contribution in [0.1, 0.15) is 36.3 Å². The number of nitrogens with one attached hydrogen (secondary N) is 1. The lowest BCUT2D eigenvalue weighted by Gasteiger charge is -2.42. The van der Waals surface area contributed by atoms with E-state index in [-0.39, 0.29) is 44.2 Å². The largest absolute Gasteiger partial charge is 0.493 e. The first-order valence-electron chi connectivity index (χ1n) is 13.2. The molecule has 2 amide bonds. The highest BCUT2D eigenvalue weighted by molar-refractivity contribution is 5.96. The number of ether oxygens (including phenoxy) is 4. The van der Waals surface area contributed by atoms with Crippen molar-refractivity contribution in [2.24, 2.45) is 5.92 Å². The van der Waals surface area contributed by atoms with Gasteiger partial charge in [0.15, 0.2) is 11.5 Å². The summed E-state index contributed by atoms with van der Waals surface area (Å²) in [5.41, 5.74) is 1.51. The van der Waals surface area contributed by atoms with E-state index in [9.17, 15) is 24.9 Å². The number of methoxy groups -OCH3 is 1. The predicted octanol–water partition coefficient (Wildman–Crippen LogP) is -0.146. The van der Waals surface area contributed by atoms with Gasteiger partial charge in [0.05, 0.1) is 50.9 Å². The number of amides is 2. The smallest absolute Gasteiger partial charge is 0.247 e. The van der Waals surface area contributed by atoms with Crippen LogP contribution in [-0.2, 0) is 25.7 Å². The second-order valence-electron chi connectivity index (χ2n) is 10.2. The molecule has 0 spiro atoms. The Kier molecular flexibility index (Phi) is 8.20. The van der Waals surface area contributed by atoms with E-state index in [1.54, 1.807) is 23.1 Å². The summed E-state index contributed by atoms with van der Waals surface area (Å²) in [5, 5.41) is 33.5. The van der Waals surface area contributed by atoms with Crippen LogP contribution in [0.25, 0.3) is 0 Å². The zero-order valence-corrected chi connectivity index (χ0v) is 21.5. The zero-order valence-electron chi connectivity index (χ0n) is 21.5. The molecule has 1 aromatic rings. The average molecular weight is 533 g/mol. The molecule has 3 heterocycles. The van der Waals surface area contributed by atoms with Crippen LogP contribution >= 0.6 is 0 Å². The summed E-state index contributed by atoms with van der Waals surface area (Å²) in [6.45, 7) is 1.28. The molecular weight excluding hydrogens is 496 g/mol. The van der Waals surface area contributed by atoms with Gasteiger partial charge in [-0.3, -0.25) is 9.59 Å². The minimum atomic E-state index is -1.16. The molecule has 1 aliphatic carbocycles. The van der Waals surface area contributed by atoms with Gasteiger partial charge in [0, 0.05) is 37.4 Å². The molecule has 1 aromatic carbocycles. The molecule has 0 aromatic heterocycles. The molecule has 38 heavy (non-hydrogen) atoms. The van der Waals surface area contributed by atoms with E-state index in [0.717, 1.165) is 12.8 Å². The average Bonchev–Trinajstić information content (AvgIpc) is 3.71. The summed E-state index contributed by atoms with van der Waals surface area (Å²) < 4.78 is 23.1. The number of aliphatic hydroxyl groups is 3. The molecule has 0 radical (unpaired) electrons. The standard InChI is InChI=1S/C27H36N2O9/c1-35-21-10-15(13-31)9-18-22-19(26(33)28-5-6-30)11-20(23(32)25(22)38-24(18)21)29(12-17-3-2-7-37-17)27(34)16-4-8-36-14-16/h9-11,16-17,20,22-23,25,30-32H,2-8,12-14H2,1H3,(H,28,33)/t16?,17-,20-,22+,23+,25+/m1/s1. The quantitative estimate of drug-likeness (QED) is 0.341. The van der Waals surface area contributed by atoms with Crippen LogP contribution < -0.4 is 14.8 Å². The van der Waals surface area contributed by atoms with E-state index < -0.39 is 30.1 Å². The first-order chi connectivity index (χ1) is 18.5. The summed E-state index contributed by atoms with van der Waals surface area (Å²) in [7, 11) is 1.48. The molecule has 6 atom stereocenters. The summed E-state index contributed by atoms with van der Waals surface area (Å²) in [5.74, 6) is -0.802. The third kappa shape index (κ3) is 5.01. The van der Waals surface area contributed by atoms with Gasteiger partial charge in [-0.2, -0.15) is 0 Å². The number of fused-ring (bicyclic) bond motifs is 3. The first kappa shape index (κ1) is 26.9. The van der Waals surface area contributed by atoms with Gasteiger partial charge in [-0.1, -0.05) is 0 Å². The number of hydrogen-bond donors (Lipinski definition) is 4. The maximum Gasteiger partial charge on any atom is 0.247 e. The third-order valence-corrected chi connectivity index (χ3v) is 7.84. The molecular formula is C27H36N2O9. The zero-order chi connectivity index (χ0) is 26.8. The van der Waals surface area contributed by atoms with E-state index in [1.807, 2.05) is 0 Å². The van der Waals surface area contributed by atoms with E-state index in [2.05, 4.69) is 5.32 Å². The van der Waals surface area contributed by atoms with Crippen molar-refractivity contribution in [1.29, 1.82) is 0 Å². The van der Waals surface area contributed by atoms with E-state index in [4.69, 9.17) is 18.9 Å². The second-order valence-corrected chi connectivity index (χ2v) is 10.2. The maximum atomic E-state index is 13.7. The molecule has 208 valence electrons. The molecule has 2 fully saturated rings. The third-order valence-electron chi connectivity index (χ3n) is 7.84. The SMILES string of the molecule is COc1cc(CO)cc2c1O[C@@H]1[C@@H](O)[C@H](N(C[C@H]3CCCO3)C(=O)C3CCOC3)C=C(C(=O)NCCO)[C@H]21. The van der Waals surface area contributed by atoms with Crippen LogP contribution in [0.15, 0.2) is 23.8 Å². The monoisotopic (exact) mass is 532 g/mol. The van der Waals surface area contributed by atoms with Gasteiger partial charge in [0.2, 0.25) is 11.8 Å². The van der Waals surface area contributed by atoms with Gasteiger partial charge in [-0.15, -0.1) is 0 Å². The number of rotatable bonds is 9. The Labute approximate surface area is 221 Å². The Morgan fingerprint density at radius 1 is 1.21 bits per heavy atom. The topological polar surface area (TPSA) is 147 Å². The summed E-state index contributed by atoms with van der Waals surface area (Å²) >= 11 is 0. The highest BCUT2D eigenvalue weighted by atomic mass is 16.5. The number of nitrogens with zero attached hydrogens (tertiary/aromatic N) is 1. The van der Waals surface area contributed by atoms with Crippen molar-refractivity contribution in [2.45, 2.75) is 56.1 Å². The first-order valence-corrected chi connectivity index (χ1v) is 13.2. The Balaban J connectivity index is 1.56. The van der Waals surface area contributed by atoms with Crippen LogP contribution in [0.4, 0.5) is 0 Å². The van der Waals surface area contributed by atoms with Gasteiger partial charge >= 0.3 is 0 Å². The van der Waals surface area contributed by atoms with Crippen molar-refractivity contribution in [3.63, 3.8) is 0 Å². The highest BCUT2D eigenvalue weighted by Crippen LogP contribution is 2.51. The van der Waals surface area contributed by atoms with Crippen LogP contribution in [0.5, 0.6) is 11.5 Å². The lowest BCUT2D eigenvalue weighted by molar-refractivity contribution is -0.143. The van der Waals surface area contributed by atoms with Gasteiger partial charge in [-0.05, 0) is 43.0 Å². The van der Waals surface area contributed by atoms with Crippen LogP contribution in [0.3, 0.4) is 0 Å². The van der Waals surface area contributed by atoms with Crippen LogP contribution in [0.2, 0.25) is 0 Å². The lowest BCUT2D eigenvalue weighted by Crippen LogP contribution is -2.58. The molecule has 5 rings (SSSR count). The minimum Gasteiger partial charge on any atom is -0.493 e. The van der Waals surface area contributed by atoms with Crippen molar-refractivity contribution in [2.75, 3.05) is 46.6 Å². The van der Waals surface area contributed by atoms with Gasteiger partial charge in [0.1, 0.15) is 12.2 Å². The molecule has 0 saturated carbocycles. The Morgan fingerprint density at radius 3 is 2.71 bits per heavy atom. The molecule has 11 heteroatoms. The second kappa shape index (κ2) is 11.6. The van der Waals surface area contributed by atoms with E-state index in [1.165, 1.54) is 7.11 Å². The highest BCUT2D eigenvalue weighted by Gasteiger charge is 2.52. The Bertz CT molecular complexity index is 1060. The summed E-state index contributed by atoms with van der Waals surface area (Å²) in [4.78, 5) is 28.8. The molecule has 2 saturated heterocycles. The lowest BCUT2D eigenvalue weighted by atomic mass is 9.77. The van der Waals surface area contributed by atoms with E-state index in [0.29, 0.717) is 54.4 Å². The van der Waals surface area contributed by atoms with E-state index >= 15 is 0 Å². The maximum absolute atomic E-state index is 13.7. The Hall–Kier alpha value is -2.70. The number of benzene rings is 1. The van der Waals surface area contributed by atoms with Crippen molar-refractivity contribution < 1.29 is 43.9 Å². The fraction of sp³-hybridized carbons (Fsp3) is 0.630. The van der Waals surface area contributed by atoms with Crippen LogP contribution in [0, 0.1) is 5.92 Å². The summed E-state index contributed by atoms with van der Waals surface area (Å²) in [6.07, 6.45) is 1.74. The van der Waals surface area contributed by atoms with Crippen LogP contribution in [-0.4, -0.2) is 103 Å². The molecule has 4 N–H and O–H groups in total. The van der Waals surface area contributed by atoms with Gasteiger partial charge in [0.25, 0.3) is 0 Å². The van der Waals surface area contributed by atoms with Crippen molar-refractivity contribution >= 4 is 11.8 Å². The number of aliphatic hydroxyl groups excluding tert-OH is 3. The van der Waals surface area contributed by atoms with Gasteiger partial charge in [-0.25, -0.2) is 0 Å². The Morgan fingerprint density at radius 2 is 2.05 bits per heavy atom. The van der Waals surface area contributed by atoms with Crippen molar-refractivity contribution in [3.8, 4) is 11.5 Å². The number of carbonyl (C=O) groups is 2. The molecule has 3 aliphatic heterocycles. The fourth-order valence-corrected chi connectivity index (χ4v) is 5.95. The predicted molar refractivity (Wildman–Crippen MR) is 134 cm³/mol. The molecule has 1 unspecified atom stereocenters. The van der Waals surface area contributed by atoms with Gasteiger partial charge < -0.3 is 44.5 Å². The molecule has 11 nitrogen and oxygen atoms in total. The van der Waals surface area contributed by atoms with Crippen molar-refractivity contribution in [1.82, 2.24) is 10.2 Å². The number of carbonyl (C=O) groups excluding carboxylic acids is 2. The molecule has 0 bridgehead atoms. The van der Waals surface area contributed by atoms with Crippen molar-refractivity contribution in [3.05, 3.63) is 34.9 Å². The fourth-order valence-electron chi connectivity index (χ4n) is 5.95. The summed E-state index contributed by atoms with van der Waals surface area (Å²) in [6, 6.07) is 2.55. The molecule has 4 aliphatic rings.